The summed E-state index contributed by atoms with van der Waals surface area (Å²) in [5.41, 5.74) is 0. The van der Waals surface area contributed by atoms with Gasteiger partial charge in [0, 0.05) is 26.1 Å². The van der Waals surface area contributed by atoms with Crippen LogP contribution in [0, 0.1) is 11.6 Å². The van der Waals surface area contributed by atoms with Gasteiger partial charge in [-0.3, -0.25) is 4.79 Å². The van der Waals surface area contributed by atoms with Gasteiger partial charge in [-0.1, -0.05) is 6.07 Å². The fourth-order valence-electron chi connectivity index (χ4n) is 1.80. The molecule has 0 radical (unpaired) electrons. The first-order valence-electron chi connectivity index (χ1n) is 6.55. The molecule has 1 aromatic carbocycles. The second-order valence-corrected chi connectivity index (χ2v) is 6.00. The van der Waals surface area contributed by atoms with Crippen LogP contribution in [0.5, 0.6) is 0 Å². The second kappa shape index (κ2) is 7.46. The van der Waals surface area contributed by atoms with Crippen LogP contribution in [-0.2, 0) is 14.8 Å². The molecule has 21 heavy (non-hydrogen) atoms. The molecule has 0 heterocycles. The van der Waals surface area contributed by atoms with E-state index in [1.807, 2.05) is 13.8 Å². The summed E-state index contributed by atoms with van der Waals surface area (Å²) in [6.07, 6.45) is -0.0438. The summed E-state index contributed by atoms with van der Waals surface area (Å²) in [5, 5.41) is 0. The van der Waals surface area contributed by atoms with E-state index in [2.05, 4.69) is 4.72 Å². The zero-order valence-corrected chi connectivity index (χ0v) is 12.7. The van der Waals surface area contributed by atoms with Crippen molar-refractivity contribution in [1.29, 1.82) is 0 Å². The van der Waals surface area contributed by atoms with Crippen LogP contribution < -0.4 is 4.72 Å². The van der Waals surface area contributed by atoms with Gasteiger partial charge in [-0.15, -0.1) is 0 Å². The van der Waals surface area contributed by atoms with Crippen molar-refractivity contribution in [2.45, 2.75) is 25.2 Å². The quantitative estimate of drug-likeness (QED) is 0.828. The molecule has 0 aromatic heterocycles. The van der Waals surface area contributed by atoms with Crippen molar-refractivity contribution in [2.24, 2.45) is 0 Å². The molecule has 1 aromatic rings. The van der Waals surface area contributed by atoms with Gasteiger partial charge in [0.15, 0.2) is 11.6 Å². The number of carbonyl (C=O) groups excluding carboxylic acids is 1. The monoisotopic (exact) mass is 320 g/mol. The summed E-state index contributed by atoms with van der Waals surface area (Å²) < 4.78 is 52.3. The van der Waals surface area contributed by atoms with Crippen molar-refractivity contribution < 1.29 is 22.0 Å². The Bertz CT molecular complexity index is 601. The minimum Gasteiger partial charge on any atom is -0.343 e. The fourth-order valence-corrected chi connectivity index (χ4v) is 2.91. The molecule has 8 heteroatoms. The van der Waals surface area contributed by atoms with E-state index in [1.165, 1.54) is 0 Å². The highest BCUT2D eigenvalue weighted by Crippen LogP contribution is 2.16. The average molecular weight is 320 g/mol. The number of hydrogen-bond acceptors (Lipinski definition) is 3. The van der Waals surface area contributed by atoms with Crippen LogP contribution in [0.4, 0.5) is 8.78 Å². The minimum absolute atomic E-state index is 0.0438. The molecule has 0 aliphatic carbocycles. The maximum Gasteiger partial charge on any atom is 0.243 e. The molecule has 1 N–H and O–H groups in total. The summed E-state index contributed by atoms with van der Waals surface area (Å²) >= 11 is 0. The van der Waals surface area contributed by atoms with Crippen LogP contribution in [0.15, 0.2) is 23.1 Å². The van der Waals surface area contributed by atoms with Crippen molar-refractivity contribution in [2.75, 3.05) is 19.6 Å². The van der Waals surface area contributed by atoms with Gasteiger partial charge in [-0.25, -0.2) is 21.9 Å². The summed E-state index contributed by atoms with van der Waals surface area (Å²) in [7, 11) is -4.18. The first kappa shape index (κ1) is 17.5. The Hall–Kier alpha value is -1.54. The van der Waals surface area contributed by atoms with E-state index in [0.717, 1.165) is 18.2 Å². The Morgan fingerprint density at radius 3 is 2.43 bits per heavy atom. The topological polar surface area (TPSA) is 66.5 Å². The zero-order valence-electron chi connectivity index (χ0n) is 11.9. The van der Waals surface area contributed by atoms with Crippen molar-refractivity contribution >= 4 is 15.9 Å². The normalized spacial score (nSPS) is 11.4. The number of carbonyl (C=O) groups is 1. The highest BCUT2D eigenvalue weighted by atomic mass is 32.2. The van der Waals surface area contributed by atoms with Crippen molar-refractivity contribution in [3.8, 4) is 0 Å². The lowest BCUT2D eigenvalue weighted by atomic mass is 10.3. The zero-order chi connectivity index (χ0) is 16.0. The predicted molar refractivity (Wildman–Crippen MR) is 74.1 cm³/mol. The molecule has 0 unspecified atom stereocenters. The molecule has 0 aliphatic rings. The van der Waals surface area contributed by atoms with Gasteiger partial charge in [-0.05, 0) is 26.0 Å². The molecular weight excluding hydrogens is 302 g/mol. The molecule has 0 bridgehead atoms. The molecule has 0 fully saturated rings. The maximum atomic E-state index is 13.5. The first-order valence-corrected chi connectivity index (χ1v) is 8.03. The van der Waals surface area contributed by atoms with Crippen LogP contribution in [0.2, 0.25) is 0 Å². The first-order chi connectivity index (χ1) is 9.83. The largest absolute Gasteiger partial charge is 0.343 e. The number of sulfonamides is 1. The van der Waals surface area contributed by atoms with E-state index >= 15 is 0 Å². The molecule has 1 amide bonds. The number of nitrogens with zero attached hydrogens (tertiary/aromatic N) is 1. The van der Waals surface area contributed by atoms with E-state index in [0.29, 0.717) is 13.1 Å². The lowest BCUT2D eigenvalue weighted by Gasteiger charge is -2.18. The van der Waals surface area contributed by atoms with Crippen LogP contribution in [0.3, 0.4) is 0 Å². The maximum absolute atomic E-state index is 13.5. The van der Waals surface area contributed by atoms with Crippen LogP contribution in [0.1, 0.15) is 20.3 Å². The van der Waals surface area contributed by atoms with E-state index < -0.39 is 26.6 Å². The summed E-state index contributed by atoms with van der Waals surface area (Å²) in [4.78, 5) is 12.5. The number of amides is 1. The third kappa shape index (κ3) is 4.47. The summed E-state index contributed by atoms with van der Waals surface area (Å²) in [5.74, 6) is -2.88. The number of hydrogen-bond donors (Lipinski definition) is 1. The van der Waals surface area contributed by atoms with Crippen molar-refractivity contribution in [1.82, 2.24) is 9.62 Å². The van der Waals surface area contributed by atoms with E-state index in [-0.39, 0.29) is 18.9 Å². The van der Waals surface area contributed by atoms with Crippen molar-refractivity contribution in [3.63, 3.8) is 0 Å². The van der Waals surface area contributed by atoms with Crippen LogP contribution in [-0.4, -0.2) is 38.9 Å². The van der Waals surface area contributed by atoms with Gasteiger partial charge in [0.1, 0.15) is 4.90 Å². The van der Waals surface area contributed by atoms with Gasteiger partial charge in [-0.2, -0.15) is 0 Å². The third-order valence-electron chi connectivity index (χ3n) is 2.95. The SMILES string of the molecule is CCN(CC)C(=O)CCNS(=O)(=O)c1cccc(F)c1F. The minimum atomic E-state index is -4.18. The van der Waals surface area contributed by atoms with Gasteiger partial charge in [0.25, 0.3) is 0 Å². The van der Waals surface area contributed by atoms with Crippen molar-refractivity contribution in [3.05, 3.63) is 29.8 Å². The summed E-state index contributed by atoms with van der Waals surface area (Å²) in [6, 6.07) is 2.90. The Morgan fingerprint density at radius 2 is 1.86 bits per heavy atom. The van der Waals surface area contributed by atoms with Gasteiger partial charge < -0.3 is 4.90 Å². The Kier molecular flexibility index (Phi) is 6.22. The standard InChI is InChI=1S/C13H18F2N2O3S/c1-3-17(4-2)12(18)8-9-16-21(19,20)11-7-5-6-10(14)13(11)15/h5-7,16H,3-4,8-9H2,1-2H3. The summed E-state index contributed by atoms with van der Waals surface area (Å²) in [6.45, 7) is 4.51. The molecule has 118 valence electrons. The molecule has 0 atom stereocenters. The van der Waals surface area contributed by atoms with Gasteiger partial charge in [0.2, 0.25) is 15.9 Å². The molecule has 5 nitrogen and oxygen atoms in total. The number of nitrogens with one attached hydrogen (secondary N) is 1. The van der Waals surface area contributed by atoms with E-state index in [9.17, 15) is 22.0 Å². The Labute approximate surface area is 123 Å². The number of halogens is 2. The van der Waals surface area contributed by atoms with E-state index in [4.69, 9.17) is 0 Å². The molecule has 0 spiro atoms. The van der Waals surface area contributed by atoms with E-state index in [1.54, 1.807) is 4.90 Å². The molecule has 0 saturated carbocycles. The molecular formula is C13H18F2N2O3S. The molecule has 0 saturated heterocycles. The Balaban J connectivity index is 2.70. The average Bonchev–Trinajstić information content (AvgIpc) is 2.42. The number of rotatable bonds is 7. The van der Waals surface area contributed by atoms with Crippen LogP contribution >= 0.6 is 0 Å². The highest BCUT2D eigenvalue weighted by molar-refractivity contribution is 7.89. The second-order valence-electron chi connectivity index (χ2n) is 4.27. The lowest BCUT2D eigenvalue weighted by Crippen LogP contribution is -2.34. The Morgan fingerprint density at radius 1 is 1.24 bits per heavy atom. The van der Waals surface area contributed by atoms with Gasteiger partial charge >= 0.3 is 0 Å². The molecule has 0 aliphatic heterocycles. The fraction of sp³-hybridized carbons (Fsp3) is 0.462. The van der Waals surface area contributed by atoms with Crippen LogP contribution in [0.25, 0.3) is 0 Å². The lowest BCUT2D eigenvalue weighted by molar-refractivity contribution is -0.130. The van der Waals surface area contributed by atoms with Gasteiger partial charge in [0.05, 0.1) is 0 Å². The predicted octanol–water partition coefficient (Wildman–Crippen LogP) is 1.50. The highest BCUT2D eigenvalue weighted by Gasteiger charge is 2.21. The smallest absolute Gasteiger partial charge is 0.243 e. The number of benzene rings is 1. The third-order valence-corrected chi connectivity index (χ3v) is 4.43. The molecule has 1 rings (SSSR count).